The van der Waals surface area contributed by atoms with Crippen molar-refractivity contribution in [3.63, 3.8) is 0 Å². The number of nitrogens with two attached hydrogens (primary N) is 1. The van der Waals surface area contributed by atoms with Gasteiger partial charge in [0.05, 0.1) is 11.5 Å². The third-order valence-corrected chi connectivity index (χ3v) is 4.79. The molecule has 5 heteroatoms. The van der Waals surface area contributed by atoms with E-state index < -0.39 is 15.9 Å². The molecule has 16 heavy (non-hydrogen) atoms. The second-order valence-electron chi connectivity index (χ2n) is 4.23. The molecule has 0 spiro atoms. The summed E-state index contributed by atoms with van der Waals surface area (Å²) >= 11 is 0. The first-order chi connectivity index (χ1) is 7.49. The Balaban J connectivity index is 2.27. The highest BCUT2D eigenvalue weighted by molar-refractivity contribution is 7.91. The lowest BCUT2D eigenvalue weighted by atomic mass is 9.89. The van der Waals surface area contributed by atoms with E-state index in [9.17, 15) is 13.5 Å². The minimum atomic E-state index is -2.99. The maximum absolute atomic E-state index is 11.4. The van der Waals surface area contributed by atoms with Crippen molar-refractivity contribution in [1.82, 2.24) is 0 Å². The maximum atomic E-state index is 11.4. The fraction of sp³-hybridized carbons (Fsp3) is 0.455. The van der Waals surface area contributed by atoms with Gasteiger partial charge in [-0.05, 0) is 18.1 Å². The zero-order valence-corrected chi connectivity index (χ0v) is 9.65. The fourth-order valence-electron chi connectivity index (χ4n) is 2.20. The lowest BCUT2D eigenvalue weighted by molar-refractivity contribution is 0.442. The van der Waals surface area contributed by atoms with Crippen molar-refractivity contribution in [2.24, 2.45) is 5.73 Å². The molecule has 0 amide bonds. The van der Waals surface area contributed by atoms with Crippen LogP contribution in [0, 0.1) is 0 Å². The Morgan fingerprint density at radius 2 is 2.00 bits per heavy atom. The molecule has 0 bridgehead atoms. The molecule has 2 atom stereocenters. The first kappa shape index (κ1) is 11.4. The SMILES string of the molecule is NC1CS(=O)(=O)CCC1c1ccccc1O. The predicted octanol–water partition coefficient (Wildman–Crippen LogP) is 0.622. The number of para-hydroxylation sites is 1. The molecule has 0 aliphatic carbocycles. The maximum Gasteiger partial charge on any atom is 0.151 e. The molecule has 1 heterocycles. The molecule has 0 aromatic heterocycles. The monoisotopic (exact) mass is 241 g/mol. The molecule has 1 saturated heterocycles. The fourth-order valence-corrected chi connectivity index (χ4v) is 3.80. The van der Waals surface area contributed by atoms with Crippen molar-refractivity contribution < 1.29 is 13.5 Å². The number of rotatable bonds is 1. The summed E-state index contributed by atoms with van der Waals surface area (Å²) in [5.74, 6) is 0.290. The van der Waals surface area contributed by atoms with Gasteiger partial charge in [0.15, 0.2) is 9.84 Å². The number of sulfone groups is 1. The Morgan fingerprint density at radius 1 is 1.31 bits per heavy atom. The second-order valence-corrected chi connectivity index (χ2v) is 6.46. The van der Waals surface area contributed by atoms with Crippen LogP contribution in [-0.4, -0.2) is 31.1 Å². The molecule has 88 valence electrons. The van der Waals surface area contributed by atoms with E-state index in [1.54, 1.807) is 18.2 Å². The lowest BCUT2D eigenvalue weighted by Crippen LogP contribution is -2.41. The minimum Gasteiger partial charge on any atom is -0.508 e. The molecule has 1 fully saturated rings. The van der Waals surface area contributed by atoms with Crippen LogP contribution in [0.25, 0.3) is 0 Å². The van der Waals surface area contributed by atoms with Gasteiger partial charge < -0.3 is 10.8 Å². The van der Waals surface area contributed by atoms with Crippen LogP contribution in [0.3, 0.4) is 0 Å². The van der Waals surface area contributed by atoms with Gasteiger partial charge in [-0.1, -0.05) is 18.2 Å². The molecule has 3 N–H and O–H groups in total. The number of hydrogen-bond donors (Lipinski definition) is 2. The third-order valence-electron chi connectivity index (χ3n) is 3.04. The zero-order chi connectivity index (χ0) is 11.8. The second kappa shape index (κ2) is 4.07. The highest BCUT2D eigenvalue weighted by atomic mass is 32.2. The molecular weight excluding hydrogens is 226 g/mol. The number of benzene rings is 1. The molecule has 1 aliphatic rings. The van der Waals surface area contributed by atoms with Crippen LogP contribution in [0.4, 0.5) is 0 Å². The average molecular weight is 241 g/mol. The van der Waals surface area contributed by atoms with E-state index in [0.717, 1.165) is 5.56 Å². The molecule has 2 rings (SSSR count). The van der Waals surface area contributed by atoms with Gasteiger partial charge in [0, 0.05) is 12.0 Å². The number of hydrogen-bond acceptors (Lipinski definition) is 4. The van der Waals surface area contributed by atoms with Crippen LogP contribution < -0.4 is 5.73 Å². The first-order valence-corrected chi connectivity index (χ1v) is 7.05. The van der Waals surface area contributed by atoms with E-state index in [2.05, 4.69) is 0 Å². The molecule has 1 aliphatic heterocycles. The van der Waals surface area contributed by atoms with Crippen LogP contribution in [0.1, 0.15) is 17.9 Å². The summed E-state index contributed by atoms with van der Waals surface area (Å²) in [5.41, 5.74) is 6.62. The number of phenolic OH excluding ortho intramolecular Hbond substituents is 1. The quantitative estimate of drug-likeness (QED) is 0.755. The highest BCUT2D eigenvalue weighted by Gasteiger charge is 2.32. The van der Waals surface area contributed by atoms with Gasteiger partial charge >= 0.3 is 0 Å². The van der Waals surface area contributed by atoms with Crippen LogP contribution >= 0.6 is 0 Å². The third kappa shape index (κ3) is 2.20. The summed E-state index contributed by atoms with van der Waals surface area (Å²) in [6.07, 6.45) is 0.487. The molecule has 0 radical (unpaired) electrons. The molecule has 1 aromatic carbocycles. The summed E-state index contributed by atoms with van der Waals surface area (Å²) in [5, 5.41) is 9.71. The molecular formula is C11H15NO3S. The van der Waals surface area contributed by atoms with Crippen LogP contribution in [-0.2, 0) is 9.84 Å². The standard InChI is InChI=1S/C11H15NO3S/c12-10-7-16(14,15)6-5-8(10)9-3-1-2-4-11(9)13/h1-4,8,10,13H,5-7,12H2. The first-order valence-electron chi connectivity index (χ1n) is 5.23. The summed E-state index contributed by atoms with van der Waals surface area (Å²) in [6.45, 7) is 0. The minimum absolute atomic E-state index is 0.00595. The smallest absolute Gasteiger partial charge is 0.151 e. The van der Waals surface area contributed by atoms with Gasteiger partial charge in [-0.15, -0.1) is 0 Å². The van der Waals surface area contributed by atoms with Gasteiger partial charge in [-0.2, -0.15) is 0 Å². The van der Waals surface area contributed by atoms with Gasteiger partial charge in [-0.3, -0.25) is 0 Å². The Hall–Kier alpha value is -1.07. The van der Waals surface area contributed by atoms with Crippen LogP contribution in [0.5, 0.6) is 5.75 Å². The number of phenols is 1. The largest absolute Gasteiger partial charge is 0.508 e. The van der Waals surface area contributed by atoms with E-state index in [4.69, 9.17) is 5.73 Å². The topological polar surface area (TPSA) is 80.4 Å². The molecule has 0 saturated carbocycles. The van der Waals surface area contributed by atoms with Crippen LogP contribution in [0.2, 0.25) is 0 Å². The lowest BCUT2D eigenvalue weighted by Gasteiger charge is -2.29. The predicted molar refractivity (Wildman–Crippen MR) is 62.1 cm³/mol. The van der Waals surface area contributed by atoms with E-state index in [0.29, 0.717) is 6.42 Å². The summed E-state index contributed by atoms with van der Waals surface area (Å²) < 4.78 is 22.8. The van der Waals surface area contributed by atoms with Crippen molar-refractivity contribution in [2.45, 2.75) is 18.4 Å². The van der Waals surface area contributed by atoms with E-state index in [1.165, 1.54) is 0 Å². The average Bonchev–Trinajstić information content (AvgIpc) is 2.18. The van der Waals surface area contributed by atoms with Crippen molar-refractivity contribution in [1.29, 1.82) is 0 Å². The Morgan fingerprint density at radius 3 is 2.62 bits per heavy atom. The Bertz CT molecular complexity index is 484. The van der Waals surface area contributed by atoms with Gasteiger partial charge in [0.1, 0.15) is 5.75 Å². The highest BCUT2D eigenvalue weighted by Crippen LogP contribution is 2.33. The molecule has 1 aromatic rings. The molecule has 2 unspecified atom stereocenters. The van der Waals surface area contributed by atoms with E-state index in [1.807, 2.05) is 6.07 Å². The van der Waals surface area contributed by atoms with E-state index >= 15 is 0 Å². The van der Waals surface area contributed by atoms with E-state index in [-0.39, 0.29) is 23.2 Å². The molecule has 4 nitrogen and oxygen atoms in total. The zero-order valence-electron chi connectivity index (χ0n) is 8.83. The van der Waals surface area contributed by atoms with Gasteiger partial charge in [0.2, 0.25) is 0 Å². The Labute approximate surface area is 95.0 Å². The van der Waals surface area contributed by atoms with Crippen molar-refractivity contribution >= 4 is 9.84 Å². The van der Waals surface area contributed by atoms with Gasteiger partial charge in [0.25, 0.3) is 0 Å². The van der Waals surface area contributed by atoms with Crippen molar-refractivity contribution in [2.75, 3.05) is 11.5 Å². The summed E-state index contributed by atoms with van der Waals surface area (Å²) in [6, 6.07) is 6.55. The summed E-state index contributed by atoms with van der Waals surface area (Å²) in [7, 11) is -2.99. The van der Waals surface area contributed by atoms with Crippen molar-refractivity contribution in [3.8, 4) is 5.75 Å². The Kier molecular flexibility index (Phi) is 2.90. The van der Waals surface area contributed by atoms with Crippen molar-refractivity contribution in [3.05, 3.63) is 29.8 Å². The van der Waals surface area contributed by atoms with Gasteiger partial charge in [-0.25, -0.2) is 8.42 Å². The van der Waals surface area contributed by atoms with Crippen LogP contribution in [0.15, 0.2) is 24.3 Å². The normalized spacial score (nSPS) is 28.8. The summed E-state index contributed by atoms with van der Waals surface area (Å²) in [4.78, 5) is 0. The number of aromatic hydroxyl groups is 1.